The Morgan fingerprint density at radius 1 is 1.00 bits per heavy atom. The Hall–Kier alpha value is -1.06. The molecule has 0 amide bonds. The van der Waals surface area contributed by atoms with Crippen LogP contribution >= 0.6 is 27.5 Å². The molecule has 0 aliphatic heterocycles. The number of hydrogen-bond acceptors (Lipinski definition) is 2. The van der Waals surface area contributed by atoms with Gasteiger partial charge in [-0.25, -0.2) is 4.98 Å². The van der Waals surface area contributed by atoms with E-state index in [0.29, 0.717) is 10.8 Å². The van der Waals surface area contributed by atoms with E-state index in [-0.39, 0.29) is 0 Å². The van der Waals surface area contributed by atoms with E-state index in [0.717, 1.165) is 10.4 Å². The number of hydrogen-bond donors (Lipinski definition) is 0. The van der Waals surface area contributed by atoms with Crippen molar-refractivity contribution in [3.05, 3.63) is 52.2 Å². The molecule has 4 heteroatoms. The third-order valence-corrected chi connectivity index (χ3v) is 2.47. The molecule has 0 fully saturated rings. The summed E-state index contributed by atoms with van der Waals surface area (Å²) < 4.78 is 6.33. The van der Waals surface area contributed by atoms with Crippen LogP contribution in [-0.4, -0.2) is 4.98 Å². The molecule has 15 heavy (non-hydrogen) atoms. The van der Waals surface area contributed by atoms with Gasteiger partial charge in [-0.2, -0.15) is 0 Å². The fraction of sp³-hybridized carbons (Fsp3) is 0. The predicted molar refractivity (Wildman–Crippen MR) is 63.5 cm³/mol. The van der Waals surface area contributed by atoms with Gasteiger partial charge in [0.1, 0.15) is 16.1 Å². The Balaban J connectivity index is 2.15. The van der Waals surface area contributed by atoms with Gasteiger partial charge in [0.15, 0.2) is 0 Å². The van der Waals surface area contributed by atoms with Gasteiger partial charge in [-0.1, -0.05) is 11.6 Å². The van der Waals surface area contributed by atoms with E-state index in [9.17, 15) is 0 Å². The molecule has 0 bridgehead atoms. The largest absolute Gasteiger partial charge is 0.456 e. The number of pyridine rings is 1. The van der Waals surface area contributed by atoms with Crippen LogP contribution in [0.15, 0.2) is 47.2 Å². The smallest absolute Gasteiger partial charge is 0.145 e. The van der Waals surface area contributed by atoms with Crippen molar-refractivity contribution in [1.29, 1.82) is 0 Å². The summed E-state index contributed by atoms with van der Waals surface area (Å²) >= 11 is 9.02. The van der Waals surface area contributed by atoms with Crippen molar-refractivity contribution in [3.63, 3.8) is 0 Å². The van der Waals surface area contributed by atoms with Crippen LogP contribution in [0.3, 0.4) is 0 Å². The Morgan fingerprint density at radius 2 is 1.67 bits per heavy atom. The van der Waals surface area contributed by atoms with Gasteiger partial charge in [0.2, 0.25) is 0 Å². The third-order valence-electron chi connectivity index (χ3n) is 1.75. The lowest BCUT2D eigenvalue weighted by molar-refractivity contribution is 0.480. The molecule has 1 aromatic heterocycles. The Kier molecular flexibility index (Phi) is 3.23. The average Bonchev–Trinajstić information content (AvgIpc) is 2.25. The Morgan fingerprint density at radius 3 is 2.27 bits per heavy atom. The van der Waals surface area contributed by atoms with Crippen molar-refractivity contribution in [3.8, 4) is 11.5 Å². The van der Waals surface area contributed by atoms with Crippen LogP contribution in [0.25, 0.3) is 0 Å². The van der Waals surface area contributed by atoms with E-state index in [4.69, 9.17) is 16.3 Å². The zero-order valence-corrected chi connectivity index (χ0v) is 9.99. The highest BCUT2D eigenvalue weighted by atomic mass is 79.9. The minimum absolute atomic E-state index is 0.691. The summed E-state index contributed by atoms with van der Waals surface area (Å²) in [6.07, 6.45) is 1.65. The first-order valence-corrected chi connectivity index (χ1v) is 5.46. The van der Waals surface area contributed by atoms with Gasteiger partial charge in [-0.05, 0) is 52.3 Å². The third kappa shape index (κ3) is 2.94. The normalized spacial score (nSPS) is 10.0. The summed E-state index contributed by atoms with van der Waals surface area (Å²) in [5.74, 6) is 1.43. The molecule has 0 atom stereocenters. The molecule has 1 aromatic carbocycles. The molecule has 0 aliphatic rings. The van der Waals surface area contributed by atoms with Crippen LogP contribution in [0.2, 0.25) is 5.02 Å². The van der Waals surface area contributed by atoms with Gasteiger partial charge < -0.3 is 4.74 Å². The van der Waals surface area contributed by atoms with Crippen molar-refractivity contribution in [2.24, 2.45) is 0 Å². The van der Waals surface area contributed by atoms with Crippen molar-refractivity contribution in [2.75, 3.05) is 0 Å². The van der Waals surface area contributed by atoms with Gasteiger partial charge in [0, 0.05) is 5.02 Å². The minimum atomic E-state index is 0.691. The number of aromatic nitrogens is 1. The molecule has 2 nitrogen and oxygen atoms in total. The molecule has 0 saturated carbocycles. The quantitative estimate of drug-likeness (QED) is 0.768. The minimum Gasteiger partial charge on any atom is -0.456 e. The van der Waals surface area contributed by atoms with Gasteiger partial charge in [-0.3, -0.25) is 0 Å². The lowest BCUT2D eigenvalue weighted by Gasteiger charge is -2.04. The summed E-state index contributed by atoms with van der Waals surface area (Å²) in [5, 5.41) is 0.691. The summed E-state index contributed by atoms with van der Waals surface area (Å²) in [6.45, 7) is 0. The molecule has 2 rings (SSSR count). The first kappa shape index (κ1) is 10.5. The van der Waals surface area contributed by atoms with Crippen LogP contribution < -0.4 is 4.74 Å². The number of nitrogens with zero attached hydrogens (tertiary/aromatic N) is 1. The van der Waals surface area contributed by atoms with E-state index in [1.165, 1.54) is 0 Å². The molecule has 0 N–H and O–H groups in total. The van der Waals surface area contributed by atoms with Gasteiger partial charge in [0.05, 0.1) is 6.20 Å². The van der Waals surface area contributed by atoms with E-state index < -0.39 is 0 Å². The lowest BCUT2D eigenvalue weighted by Crippen LogP contribution is -1.84. The zero-order chi connectivity index (χ0) is 10.7. The molecular weight excluding hydrogens is 277 g/mol. The van der Waals surface area contributed by atoms with Crippen LogP contribution in [0.5, 0.6) is 11.5 Å². The lowest BCUT2D eigenvalue weighted by atomic mass is 10.3. The highest BCUT2D eigenvalue weighted by Gasteiger charge is 1.97. The molecule has 0 saturated heterocycles. The van der Waals surface area contributed by atoms with Crippen LogP contribution in [0, 0.1) is 0 Å². The Labute approximate surface area is 101 Å². The molecule has 0 radical (unpaired) electrons. The zero-order valence-electron chi connectivity index (χ0n) is 7.65. The van der Waals surface area contributed by atoms with Crippen molar-refractivity contribution in [2.45, 2.75) is 0 Å². The number of ether oxygens (including phenoxy) is 1. The maximum atomic E-state index is 5.76. The number of rotatable bonds is 2. The summed E-state index contributed by atoms with van der Waals surface area (Å²) in [6, 6.07) is 10.8. The van der Waals surface area contributed by atoms with E-state index >= 15 is 0 Å². The second-order valence-corrected chi connectivity index (χ2v) is 4.12. The maximum Gasteiger partial charge on any atom is 0.145 e. The number of halogens is 2. The highest BCUT2D eigenvalue weighted by Crippen LogP contribution is 2.22. The topological polar surface area (TPSA) is 22.1 Å². The molecule has 76 valence electrons. The van der Waals surface area contributed by atoms with E-state index in [2.05, 4.69) is 20.9 Å². The standard InChI is InChI=1S/C11H7BrClNO/c12-11-6-5-10(7-14-11)15-9-3-1-8(13)2-4-9/h1-7H. The van der Waals surface area contributed by atoms with Crippen molar-refractivity contribution < 1.29 is 4.74 Å². The summed E-state index contributed by atoms with van der Waals surface area (Å²) in [5.41, 5.74) is 0. The van der Waals surface area contributed by atoms with Gasteiger partial charge in [-0.15, -0.1) is 0 Å². The number of benzene rings is 1. The highest BCUT2D eigenvalue weighted by molar-refractivity contribution is 9.10. The van der Waals surface area contributed by atoms with Crippen molar-refractivity contribution >= 4 is 27.5 Å². The second-order valence-electron chi connectivity index (χ2n) is 2.87. The van der Waals surface area contributed by atoms with E-state index in [1.807, 2.05) is 24.3 Å². The fourth-order valence-corrected chi connectivity index (χ4v) is 1.42. The first-order chi connectivity index (χ1) is 7.24. The molecule has 0 spiro atoms. The van der Waals surface area contributed by atoms with Gasteiger partial charge in [0.25, 0.3) is 0 Å². The molecular formula is C11H7BrClNO. The Bertz CT molecular complexity index is 398. The average molecular weight is 285 g/mol. The monoisotopic (exact) mass is 283 g/mol. The first-order valence-electron chi connectivity index (χ1n) is 4.29. The van der Waals surface area contributed by atoms with Gasteiger partial charge >= 0.3 is 0 Å². The SMILES string of the molecule is Clc1ccc(Oc2ccc(Br)nc2)cc1. The van der Waals surface area contributed by atoms with Crippen LogP contribution in [0.1, 0.15) is 0 Å². The second kappa shape index (κ2) is 4.64. The summed E-state index contributed by atoms with van der Waals surface area (Å²) in [7, 11) is 0. The molecule has 0 aliphatic carbocycles. The predicted octanol–water partition coefficient (Wildman–Crippen LogP) is 4.29. The molecule has 0 unspecified atom stereocenters. The molecule has 2 aromatic rings. The van der Waals surface area contributed by atoms with Crippen LogP contribution in [0.4, 0.5) is 0 Å². The summed E-state index contributed by atoms with van der Waals surface area (Å²) in [4.78, 5) is 4.06. The van der Waals surface area contributed by atoms with E-state index in [1.54, 1.807) is 18.3 Å². The maximum absolute atomic E-state index is 5.76. The van der Waals surface area contributed by atoms with Crippen molar-refractivity contribution in [1.82, 2.24) is 4.98 Å². The van der Waals surface area contributed by atoms with Crippen LogP contribution in [-0.2, 0) is 0 Å². The fourth-order valence-electron chi connectivity index (χ4n) is 1.06. The molecule has 1 heterocycles.